The van der Waals surface area contributed by atoms with Crippen LogP contribution in [0.15, 0.2) is 0 Å². The fourth-order valence-corrected chi connectivity index (χ4v) is 2.76. The van der Waals surface area contributed by atoms with Gasteiger partial charge in [-0.25, -0.2) is 4.79 Å². The van der Waals surface area contributed by atoms with E-state index in [4.69, 9.17) is 0 Å². The summed E-state index contributed by atoms with van der Waals surface area (Å²) in [5, 5.41) is 10.3. The standard InChI is InChI=1S/C13H22N2O3/c1-3-13(18,4-2)9-15-11(16)10-7-5-6-8-14(10)12(15)17/h10,18H,3-9H2,1-2H3. The lowest BCUT2D eigenvalue weighted by atomic mass is 9.96. The number of aliphatic hydroxyl groups is 1. The summed E-state index contributed by atoms with van der Waals surface area (Å²) in [5.74, 6) is -0.125. The van der Waals surface area contributed by atoms with Crippen molar-refractivity contribution in [1.82, 2.24) is 9.80 Å². The van der Waals surface area contributed by atoms with E-state index in [1.165, 1.54) is 4.90 Å². The van der Waals surface area contributed by atoms with Crippen molar-refractivity contribution in [1.29, 1.82) is 0 Å². The van der Waals surface area contributed by atoms with Crippen LogP contribution in [0.2, 0.25) is 0 Å². The number of rotatable bonds is 4. The maximum Gasteiger partial charge on any atom is 0.327 e. The van der Waals surface area contributed by atoms with Crippen LogP contribution in [0.4, 0.5) is 4.79 Å². The highest BCUT2D eigenvalue weighted by molar-refractivity contribution is 6.04. The molecule has 2 rings (SSSR count). The largest absolute Gasteiger partial charge is 0.388 e. The van der Waals surface area contributed by atoms with Crippen LogP contribution in [0.25, 0.3) is 0 Å². The first-order valence-corrected chi connectivity index (χ1v) is 6.87. The quantitative estimate of drug-likeness (QED) is 0.770. The van der Waals surface area contributed by atoms with E-state index in [2.05, 4.69) is 0 Å². The van der Waals surface area contributed by atoms with Gasteiger partial charge in [0.2, 0.25) is 0 Å². The monoisotopic (exact) mass is 254 g/mol. The number of piperidine rings is 1. The summed E-state index contributed by atoms with van der Waals surface area (Å²) < 4.78 is 0. The molecular weight excluding hydrogens is 232 g/mol. The fraction of sp³-hybridized carbons (Fsp3) is 0.846. The second-order valence-corrected chi connectivity index (χ2v) is 5.34. The molecule has 0 aromatic rings. The van der Waals surface area contributed by atoms with E-state index in [9.17, 15) is 14.7 Å². The number of carbonyl (C=O) groups is 2. The summed E-state index contributed by atoms with van der Waals surface area (Å²) in [6.07, 6.45) is 3.82. The minimum atomic E-state index is -0.945. The smallest absolute Gasteiger partial charge is 0.327 e. The van der Waals surface area contributed by atoms with Crippen molar-refractivity contribution in [3.8, 4) is 0 Å². The van der Waals surface area contributed by atoms with Crippen molar-refractivity contribution in [2.45, 2.75) is 57.6 Å². The van der Waals surface area contributed by atoms with E-state index in [1.807, 2.05) is 13.8 Å². The van der Waals surface area contributed by atoms with Crippen LogP contribution in [-0.4, -0.2) is 51.6 Å². The first kappa shape index (κ1) is 13.3. The van der Waals surface area contributed by atoms with Crippen LogP contribution in [0.3, 0.4) is 0 Å². The van der Waals surface area contributed by atoms with Gasteiger partial charge in [0.25, 0.3) is 5.91 Å². The molecule has 18 heavy (non-hydrogen) atoms. The molecule has 0 spiro atoms. The number of carbonyl (C=O) groups excluding carboxylic acids is 2. The summed E-state index contributed by atoms with van der Waals surface area (Å²) >= 11 is 0. The number of hydrogen-bond donors (Lipinski definition) is 1. The molecular formula is C13H22N2O3. The van der Waals surface area contributed by atoms with E-state index in [1.54, 1.807) is 4.90 Å². The van der Waals surface area contributed by atoms with E-state index < -0.39 is 5.60 Å². The molecule has 1 unspecified atom stereocenters. The Morgan fingerprint density at radius 2 is 1.94 bits per heavy atom. The molecule has 0 aliphatic carbocycles. The molecule has 2 saturated heterocycles. The molecule has 5 nitrogen and oxygen atoms in total. The van der Waals surface area contributed by atoms with Gasteiger partial charge in [-0.05, 0) is 32.1 Å². The third-order valence-electron chi connectivity index (χ3n) is 4.30. The molecule has 2 aliphatic heterocycles. The summed E-state index contributed by atoms with van der Waals surface area (Å²) in [4.78, 5) is 27.3. The molecule has 0 aromatic carbocycles. The molecule has 1 N–H and O–H groups in total. The van der Waals surface area contributed by atoms with Gasteiger partial charge in [0.1, 0.15) is 6.04 Å². The number of fused-ring (bicyclic) bond motifs is 1. The lowest BCUT2D eigenvalue weighted by Crippen LogP contribution is -2.45. The Labute approximate surface area is 108 Å². The van der Waals surface area contributed by atoms with E-state index in [0.717, 1.165) is 19.3 Å². The predicted octanol–water partition coefficient (Wildman–Crippen LogP) is 1.35. The summed E-state index contributed by atoms with van der Waals surface area (Å²) in [6.45, 7) is 4.55. The number of nitrogens with zero attached hydrogens (tertiary/aromatic N) is 2. The molecule has 0 saturated carbocycles. The van der Waals surface area contributed by atoms with Crippen molar-refractivity contribution in [2.24, 2.45) is 0 Å². The van der Waals surface area contributed by atoms with Crippen LogP contribution in [-0.2, 0) is 4.79 Å². The lowest BCUT2D eigenvalue weighted by molar-refractivity contribution is -0.131. The zero-order valence-corrected chi connectivity index (χ0v) is 11.2. The van der Waals surface area contributed by atoms with Gasteiger partial charge in [0.15, 0.2) is 0 Å². The molecule has 0 bridgehead atoms. The van der Waals surface area contributed by atoms with E-state index in [0.29, 0.717) is 19.4 Å². The summed E-state index contributed by atoms with van der Waals surface area (Å²) in [5.41, 5.74) is -0.945. The van der Waals surface area contributed by atoms with E-state index >= 15 is 0 Å². The Morgan fingerprint density at radius 1 is 1.28 bits per heavy atom. The minimum absolute atomic E-state index is 0.125. The Balaban J connectivity index is 2.14. The number of hydrogen-bond acceptors (Lipinski definition) is 3. The van der Waals surface area contributed by atoms with Gasteiger partial charge in [-0.3, -0.25) is 9.69 Å². The number of urea groups is 1. The Kier molecular flexibility index (Phi) is 3.61. The van der Waals surface area contributed by atoms with Crippen molar-refractivity contribution >= 4 is 11.9 Å². The maximum absolute atomic E-state index is 12.2. The van der Waals surface area contributed by atoms with Gasteiger partial charge in [0.05, 0.1) is 12.1 Å². The summed E-state index contributed by atoms with van der Waals surface area (Å²) in [6, 6.07) is -0.491. The SMILES string of the molecule is CCC(O)(CC)CN1C(=O)C2CCCCN2C1=O. The lowest BCUT2D eigenvalue weighted by Gasteiger charge is -2.29. The van der Waals surface area contributed by atoms with Crippen LogP contribution >= 0.6 is 0 Å². The second-order valence-electron chi connectivity index (χ2n) is 5.34. The van der Waals surface area contributed by atoms with Gasteiger partial charge >= 0.3 is 6.03 Å². The Hall–Kier alpha value is -1.10. The Bertz CT molecular complexity index is 328. The van der Waals surface area contributed by atoms with Crippen LogP contribution in [0.1, 0.15) is 46.0 Å². The average Bonchev–Trinajstić information content (AvgIpc) is 2.64. The maximum atomic E-state index is 12.2. The second kappa shape index (κ2) is 4.88. The van der Waals surface area contributed by atoms with Crippen molar-refractivity contribution in [3.63, 3.8) is 0 Å². The first-order chi connectivity index (χ1) is 8.52. The van der Waals surface area contributed by atoms with Crippen molar-refractivity contribution in [2.75, 3.05) is 13.1 Å². The van der Waals surface area contributed by atoms with Crippen LogP contribution < -0.4 is 0 Å². The molecule has 5 heteroatoms. The number of imide groups is 1. The van der Waals surface area contributed by atoms with Crippen LogP contribution in [0, 0.1) is 0 Å². The summed E-state index contributed by atoms with van der Waals surface area (Å²) in [7, 11) is 0. The zero-order valence-electron chi connectivity index (χ0n) is 11.2. The van der Waals surface area contributed by atoms with Crippen molar-refractivity contribution in [3.05, 3.63) is 0 Å². The molecule has 3 amide bonds. The third-order valence-corrected chi connectivity index (χ3v) is 4.30. The normalized spacial score (nSPS) is 24.7. The molecule has 1 atom stereocenters. The van der Waals surface area contributed by atoms with E-state index in [-0.39, 0.29) is 24.5 Å². The number of β-amino-alcohol motifs (C(OH)–C–C–N with tert-alkyl or cyclic N) is 1. The molecule has 2 aliphatic rings. The molecule has 0 aromatic heterocycles. The van der Waals surface area contributed by atoms with Crippen molar-refractivity contribution < 1.29 is 14.7 Å². The number of amides is 3. The highest BCUT2D eigenvalue weighted by Crippen LogP contribution is 2.28. The van der Waals surface area contributed by atoms with Gasteiger partial charge in [0, 0.05) is 6.54 Å². The molecule has 2 fully saturated rings. The predicted molar refractivity (Wildman–Crippen MR) is 67.0 cm³/mol. The van der Waals surface area contributed by atoms with Gasteiger partial charge in [-0.1, -0.05) is 13.8 Å². The van der Waals surface area contributed by atoms with Crippen LogP contribution in [0.5, 0.6) is 0 Å². The molecule has 0 radical (unpaired) electrons. The Morgan fingerprint density at radius 3 is 2.50 bits per heavy atom. The highest BCUT2D eigenvalue weighted by Gasteiger charge is 2.47. The fourth-order valence-electron chi connectivity index (χ4n) is 2.76. The van der Waals surface area contributed by atoms with Gasteiger partial charge in [-0.2, -0.15) is 0 Å². The van der Waals surface area contributed by atoms with Gasteiger partial charge in [-0.15, -0.1) is 0 Å². The minimum Gasteiger partial charge on any atom is -0.388 e. The average molecular weight is 254 g/mol. The first-order valence-electron chi connectivity index (χ1n) is 6.87. The molecule has 2 heterocycles. The topological polar surface area (TPSA) is 60.9 Å². The zero-order chi connectivity index (χ0) is 13.3. The third kappa shape index (κ3) is 2.11. The molecule has 102 valence electrons. The van der Waals surface area contributed by atoms with Gasteiger partial charge < -0.3 is 10.0 Å². The highest BCUT2D eigenvalue weighted by atomic mass is 16.3.